The summed E-state index contributed by atoms with van der Waals surface area (Å²) in [5.74, 6) is 0.557. The summed E-state index contributed by atoms with van der Waals surface area (Å²) >= 11 is 0. The Balaban J connectivity index is 2.11. The third-order valence-electron chi connectivity index (χ3n) is 3.23. The summed E-state index contributed by atoms with van der Waals surface area (Å²) in [5, 5.41) is 8.02. The molecular formula is C12H16N4. The van der Waals surface area contributed by atoms with E-state index < -0.39 is 0 Å². The molecular weight excluding hydrogens is 200 g/mol. The standard InChI is InChI=1S/C12H16N4/c1-8-5-9(2)16-12(14-8)6-11(15-16)10-3-4-13-7-10/h5-6,10,13H,3-4,7H2,1-2H3. The van der Waals surface area contributed by atoms with Crippen molar-refractivity contribution < 1.29 is 0 Å². The zero-order valence-corrected chi connectivity index (χ0v) is 9.70. The van der Waals surface area contributed by atoms with Crippen molar-refractivity contribution in [3.63, 3.8) is 0 Å². The number of nitrogens with one attached hydrogen (secondary N) is 1. The molecule has 2 aromatic heterocycles. The predicted octanol–water partition coefficient (Wildman–Crippen LogP) is 1.42. The zero-order valence-electron chi connectivity index (χ0n) is 9.70. The fraction of sp³-hybridized carbons (Fsp3) is 0.500. The number of rotatable bonds is 1. The van der Waals surface area contributed by atoms with Crippen molar-refractivity contribution >= 4 is 5.65 Å². The summed E-state index contributed by atoms with van der Waals surface area (Å²) in [6, 6.07) is 4.19. The minimum atomic E-state index is 0.557. The molecule has 0 aromatic carbocycles. The van der Waals surface area contributed by atoms with Gasteiger partial charge >= 0.3 is 0 Å². The first-order valence-corrected chi connectivity index (χ1v) is 5.79. The predicted molar refractivity (Wildman–Crippen MR) is 62.7 cm³/mol. The molecule has 0 amide bonds. The van der Waals surface area contributed by atoms with Crippen LogP contribution in [0.15, 0.2) is 12.1 Å². The maximum Gasteiger partial charge on any atom is 0.155 e. The normalized spacial score (nSPS) is 20.8. The quantitative estimate of drug-likeness (QED) is 0.784. The van der Waals surface area contributed by atoms with E-state index in [1.54, 1.807) is 0 Å². The van der Waals surface area contributed by atoms with Gasteiger partial charge in [0.2, 0.25) is 0 Å². The van der Waals surface area contributed by atoms with Crippen molar-refractivity contribution in [1.82, 2.24) is 19.9 Å². The Morgan fingerprint density at radius 1 is 1.38 bits per heavy atom. The molecule has 1 fully saturated rings. The van der Waals surface area contributed by atoms with Crippen molar-refractivity contribution in [3.8, 4) is 0 Å². The second kappa shape index (κ2) is 3.56. The second-order valence-corrected chi connectivity index (χ2v) is 4.57. The number of hydrogen-bond donors (Lipinski definition) is 1. The Kier molecular flexibility index (Phi) is 2.17. The molecule has 0 bridgehead atoms. The fourth-order valence-corrected chi connectivity index (χ4v) is 2.41. The van der Waals surface area contributed by atoms with Crippen LogP contribution in [0.2, 0.25) is 0 Å². The fourth-order valence-electron chi connectivity index (χ4n) is 2.41. The van der Waals surface area contributed by atoms with E-state index in [1.165, 1.54) is 12.1 Å². The minimum Gasteiger partial charge on any atom is -0.316 e. The van der Waals surface area contributed by atoms with Crippen molar-refractivity contribution in [3.05, 3.63) is 29.2 Å². The van der Waals surface area contributed by atoms with Crippen molar-refractivity contribution in [2.75, 3.05) is 13.1 Å². The number of aromatic nitrogens is 3. The van der Waals surface area contributed by atoms with E-state index in [0.29, 0.717) is 5.92 Å². The molecule has 16 heavy (non-hydrogen) atoms. The van der Waals surface area contributed by atoms with Gasteiger partial charge in [-0.2, -0.15) is 5.10 Å². The first-order valence-electron chi connectivity index (χ1n) is 5.79. The van der Waals surface area contributed by atoms with E-state index in [1.807, 2.05) is 11.4 Å². The number of aryl methyl sites for hydroxylation is 2. The number of fused-ring (bicyclic) bond motifs is 1. The minimum absolute atomic E-state index is 0.557. The van der Waals surface area contributed by atoms with Gasteiger partial charge in [0.05, 0.1) is 5.69 Å². The molecule has 1 aliphatic heterocycles. The average Bonchev–Trinajstić information content (AvgIpc) is 2.82. The van der Waals surface area contributed by atoms with Gasteiger partial charge in [-0.05, 0) is 32.9 Å². The van der Waals surface area contributed by atoms with Crippen LogP contribution in [-0.4, -0.2) is 27.7 Å². The summed E-state index contributed by atoms with van der Waals surface area (Å²) in [7, 11) is 0. The van der Waals surface area contributed by atoms with Crippen LogP contribution in [-0.2, 0) is 0 Å². The van der Waals surface area contributed by atoms with E-state index >= 15 is 0 Å². The molecule has 0 aliphatic carbocycles. The van der Waals surface area contributed by atoms with Gasteiger partial charge in [0.15, 0.2) is 5.65 Å². The smallest absolute Gasteiger partial charge is 0.155 e. The lowest BCUT2D eigenvalue weighted by Gasteiger charge is -2.02. The summed E-state index contributed by atoms with van der Waals surface area (Å²) < 4.78 is 1.95. The Morgan fingerprint density at radius 3 is 3.00 bits per heavy atom. The molecule has 1 saturated heterocycles. The molecule has 2 aromatic rings. The lowest BCUT2D eigenvalue weighted by molar-refractivity contribution is 0.713. The summed E-state index contributed by atoms with van der Waals surface area (Å²) in [5.41, 5.74) is 4.35. The molecule has 4 heteroatoms. The summed E-state index contributed by atoms with van der Waals surface area (Å²) in [6.07, 6.45) is 1.18. The van der Waals surface area contributed by atoms with E-state index in [4.69, 9.17) is 0 Å². The molecule has 0 saturated carbocycles. The number of hydrogen-bond acceptors (Lipinski definition) is 3. The number of nitrogens with zero attached hydrogens (tertiary/aromatic N) is 3. The summed E-state index contributed by atoms with van der Waals surface area (Å²) in [6.45, 7) is 6.24. The van der Waals surface area contributed by atoms with Gasteiger partial charge in [-0.25, -0.2) is 9.50 Å². The third-order valence-corrected chi connectivity index (χ3v) is 3.23. The molecule has 3 heterocycles. The monoisotopic (exact) mass is 216 g/mol. The topological polar surface area (TPSA) is 42.2 Å². The van der Waals surface area contributed by atoms with Crippen LogP contribution in [0.5, 0.6) is 0 Å². The largest absolute Gasteiger partial charge is 0.316 e. The molecule has 1 unspecified atom stereocenters. The van der Waals surface area contributed by atoms with E-state index in [-0.39, 0.29) is 0 Å². The average molecular weight is 216 g/mol. The first kappa shape index (κ1) is 9.78. The first-order chi connectivity index (χ1) is 7.74. The Labute approximate surface area is 94.7 Å². The highest BCUT2D eigenvalue weighted by molar-refractivity contribution is 5.42. The van der Waals surface area contributed by atoms with Crippen molar-refractivity contribution in [1.29, 1.82) is 0 Å². The lowest BCUT2D eigenvalue weighted by Crippen LogP contribution is -2.08. The highest BCUT2D eigenvalue weighted by Crippen LogP contribution is 2.22. The van der Waals surface area contributed by atoms with Gasteiger partial charge in [0, 0.05) is 29.9 Å². The molecule has 3 rings (SSSR count). The molecule has 1 atom stereocenters. The molecule has 0 radical (unpaired) electrons. The highest BCUT2D eigenvalue weighted by atomic mass is 15.3. The van der Waals surface area contributed by atoms with Gasteiger partial charge in [-0.15, -0.1) is 0 Å². The van der Waals surface area contributed by atoms with Crippen LogP contribution < -0.4 is 5.32 Å². The SMILES string of the molecule is Cc1cc(C)n2nc(C3CCNC3)cc2n1. The van der Waals surface area contributed by atoms with Crippen LogP contribution >= 0.6 is 0 Å². The second-order valence-electron chi connectivity index (χ2n) is 4.57. The highest BCUT2D eigenvalue weighted by Gasteiger charge is 2.20. The lowest BCUT2D eigenvalue weighted by atomic mass is 10.1. The van der Waals surface area contributed by atoms with Crippen LogP contribution in [0.4, 0.5) is 0 Å². The Bertz CT molecular complexity index is 523. The zero-order chi connectivity index (χ0) is 11.1. The molecule has 1 N–H and O–H groups in total. The molecule has 84 valence electrons. The molecule has 0 spiro atoms. The Morgan fingerprint density at radius 2 is 2.25 bits per heavy atom. The van der Waals surface area contributed by atoms with Crippen LogP contribution in [0.1, 0.15) is 29.4 Å². The van der Waals surface area contributed by atoms with E-state index in [2.05, 4.69) is 34.5 Å². The maximum atomic E-state index is 4.65. The molecule has 4 nitrogen and oxygen atoms in total. The van der Waals surface area contributed by atoms with Crippen LogP contribution in [0.3, 0.4) is 0 Å². The van der Waals surface area contributed by atoms with Gasteiger partial charge in [0.25, 0.3) is 0 Å². The van der Waals surface area contributed by atoms with Crippen molar-refractivity contribution in [2.45, 2.75) is 26.2 Å². The van der Waals surface area contributed by atoms with Gasteiger partial charge in [-0.1, -0.05) is 0 Å². The third kappa shape index (κ3) is 1.50. The summed E-state index contributed by atoms with van der Waals surface area (Å²) in [4.78, 5) is 4.51. The Hall–Kier alpha value is -1.42. The van der Waals surface area contributed by atoms with E-state index in [0.717, 1.165) is 30.1 Å². The van der Waals surface area contributed by atoms with Gasteiger partial charge in [0.1, 0.15) is 0 Å². The molecule has 1 aliphatic rings. The van der Waals surface area contributed by atoms with Crippen molar-refractivity contribution in [2.24, 2.45) is 0 Å². The maximum absolute atomic E-state index is 4.65. The van der Waals surface area contributed by atoms with Gasteiger partial charge < -0.3 is 5.32 Å². The van der Waals surface area contributed by atoms with Crippen LogP contribution in [0, 0.1) is 13.8 Å². The van der Waals surface area contributed by atoms with Crippen LogP contribution in [0.25, 0.3) is 5.65 Å². The van der Waals surface area contributed by atoms with E-state index in [9.17, 15) is 0 Å². The van der Waals surface area contributed by atoms with Gasteiger partial charge in [-0.3, -0.25) is 0 Å².